The Balaban J connectivity index is 1.84. The number of nitrogens with one attached hydrogen (secondary N) is 2. The highest BCUT2D eigenvalue weighted by atomic mass is 35.5. The first-order valence-corrected chi connectivity index (χ1v) is 7.69. The summed E-state index contributed by atoms with van der Waals surface area (Å²) in [6, 6.07) is 9.73. The fourth-order valence-electron chi connectivity index (χ4n) is 2.32. The quantitative estimate of drug-likeness (QED) is 0.896. The maximum Gasteiger partial charge on any atom is 0.257 e. The van der Waals surface area contributed by atoms with Crippen molar-refractivity contribution in [3.05, 3.63) is 52.5 Å². The molecule has 0 saturated carbocycles. The summed E-state index contributed by atoms with van der Waals surface area (Å²) in [6.45, 7) is 0.866. The number of ether oxygens (including phenoxy) is 2. The maximum atomic E-state index is 12.5. The first-order chi connectivity index (χ1) is 11.6. The summed E-state index contributed by atoms with van der Waals surface area (Å²) in [5, 5.41) is 5.52. The second kappa shape index (κ2) is 6.80. The molecule has 7 heteroatoms. The van der Waals surface area contributed by atoms with Crippen molar-refractivity contribution in [2.24, 2.45) is 0 Å². The van der Waals surface area contributed by atoms with Crippen molar-refractivity contribution in [2.75, 3.05) is 25.6 Å². The van der Waals surface area contributed by atoms with Crippen LogP contribution >= 0.6 is 11.6 Å². The summed E-state index contributed by atoms with van der Waals surface area (Å²) in [7, 11) is 1.54. The highest BCUT2D eigenvalue weighted by Crippen LogP contribution is 2.35. The van der Waals surface area contributed by atoms with Crippen molar-refractivity contribution < 1.29 is 19.1 Å². The van der Waals surface area contributed by atoms with Gasteiger partial charge < -0.3 is 20.1 Å². The van der Waals surface area contributed by atoms with Gasteiger partial charge >= 0.3 is 0 Å². The first kappa shape index (κ1) is 16.1. The van der Waals surface area contributed by atoms with Gasteiger partial charge in [0.05, 0.1) is 10.6 Å². The van der Waals surface area contributed by atoms with Gasteiger partial charge in [0, 0.05) is 24.4 Å². The molecule has 2 aromatic rings. The van der Waals surface area contributed by atoms with E-state index in [1.807, 2.05) is 0 Å². The smallest absolute Gasteiger partial charge is 0.257 e. The fourth-order valence-corrected chi connectivity index (χ4v) is 2.56. The number of hydrogen-bond acceptors (Lipinski definition) is 4. The number of carbonyl (C=O) groups excluding carboxylic acids is 2. The molecule has 0 fully saturated rings. The van der Waals surface area contributed by atoms with Crippen LogP contribution in [0.3, 0.4) is 0 Å². The van der Waals surface area contributed by atoms with Crippen LogP contribution in [0.5, 0.6) is 11.5 Å². The molecule has 3 rings (SSSR count). The molecule has 6 nitrogen and oxygen atoms in total. The van der Waals surface area contributed by atoms with Gasteiger partial charge in [-0.1, -0.05) is 17.7 Å². The van der Waals surface area contributed by atoms with Crippen molar-refractivity contribution in [1.82, 2.24) is 5.32 Å². The van der Waals surface area contributed by atoms with Crippen LogP contribution in [-0.2, 0) is 0 Å². The molecule has 0 saturated heterocycles. The SMILES string of the molecule is CNC(=O)c1cccc(NC(=O)c2cc3c(cc2Cl)OCCO3)c1. The molecular formula is C17H15ClN2O4. The van der Waals surface area contributed by atoms with Crippen molar-refractivity contribution in [2.45, 2.75) is 0 Å². The minimum absolute atomic E-state index is 0.233. The van der Waals surface area contributed by atoms with E-state index in [1.54, 1.807) is 43.4 Å². The molecule has 2 N–H and O–H groups in total. The molecule has 24 heavy (non-hydrogen) atoms. The number of hydrogen-bond donors (Lipinski definition) is 2. The lowest BCUT2D eigenvalue weighted by molar-refractivity contribution is 0.0961. The maximum absolute atomic E-state index is 12.5. The van der Waals surface area contributed by atoms with Crippen molar-refractivity contribution >= 4 is 29.1 Å². The Morgan fingerprint density at radius 1 is 1.04 bits per heavy atom. The summed E-state index contributed by atoms with van der Waals surface area (Å²) in [5.41, 5.74) is 1.21. The summed E-state index contributed by atoms with van der Waals surface area (Å²) >= 11 is 6.17. The van der Waals surface area contributed by atoms with Gasteiger partial charge in [-0.3, -0.25) is 9.59 Å². The van der Waals surface area contributed by atoms with Crippen LogP contribution in [0.4, 0.5) is 5.69 Å². The number of halogens is 1. The van der Waals surface area contributed by atoms with Gasteiger partial charge in [0.1, 0.15) is 13.2 Å². The van der Waals surface area contributed by atoms with E-state index in [9.17, 15) is 9.59 Å². The van der Waals surface area contributed by atoms with Crippen LogP contribution < -0.4 is 20.1 Å². The van der Waals surface area contributed by atoms with Crippen molar-refractivity contribution in [3.8, 4) is 11.5 Å². The van der Waals surface area contributed by atoms with E-state index in [0.717, 1.165) is 0 Å². The van der Waals surface area contributed by atoms with E-state index in [2.05, 4.69) is 10.6 Å². The normalized spacial score (nSPS) is 12.4. The van der Waals surface area contributed by atoms with Gasteiger partial charge in [-0.15, -0.1) is 0 Å². The lowest BCUT2D eigenvalue weighted by Crippen LogP contribution is -2.19. The second-order valence-electron chi connectivity index (χ2n) is 5.09. The Bertz CT molecular complexity index is 807. The molecule has 0 spiro atoms. The minimum Gasteiger partial charge on any atom is -0.486 e. The predicted molar refractivity (Wildman–Crippen MR) is 90.2 cm³/mol. The number of carbonyl (C=O) groups is 2. The molecule has 0 bridgehead atoms. The Labute approximate surface area is 143 Å². The van der Waals surface area contributed by atoms with Crippen molar-refractivity contribution in [3.63, 3.8) is 0 Å². The molecule has 0 aromatic heterocycles. The van der Waals surface area contributed by atoms with Gasteiger partial charge in [-0.2, -0.15) is 0 Å². The predicted octanol–water partition coefficient (Wildman–Crippen LogP) is 2.72. The second-order valence-corrected chi connectivity index (χ2v) is 5.50. The van der Waals surface area contributed by atoms with Gasteiger partial charge in [-0.25, -0.2) is 0 Å². The molecule has 124 valence electrons. The van der Waals surface area contributed by atoms with Crippen LogP contribution in [0.1, 0.15) is 20.7 Å². The molecule has 0 aliphatic carbocycles. The van der Waals surface area contributed by atoms with Crippen LogP contribution in [0, 0.1) is 0 Å². The molecule has 0 radical (unpaired) electrons. The summed E-state index contributed by atoms with van der Waals surface area (Å²) in [5.74, 6) is 0.369. The molecule has 2 aromatic carbocycles. The van der Waals surface area contributed by atoms with E-state index < -0.39 is 5.91 Å². The van der Waals surface area contributed by atoms with Gasteiger partial charge in [0.25, 0.3) is 11.8 Å². The lowest BCUT2D eigenvalue weighted by Gasteiger charge is -2.19. The molecule has 1 aliphatic heterocycles. The molecule has 2 amide bonds. The van der Waals surface area contributed by atoms with Crippen LogP contribution in [0.2, 0.25) is 5.02 Å². The number of benzene rings is 2. The molecule has 0 unspecified atom stereocenters. The topological polar surface area (TPSA) is 76.7 Å². The number of anilines is 1. The highest BCUT2D eigenvalue weighted by molar-refractivity contribution is 6.34. The Kier molecular flexibility index (Phi) is 4.57. The summed E-state index contributed by atoms with van der Waals surface area (Å²) in [6.07, 6.45) is 0. The number of amides is 2. The van der Waals surface area contributed by atoms with Gasteiger partial charge in [0.2, 0.25) is 0 Å². The van der Waals surface area contributed by atoms with Gasteiger partial charge in [0.15, 0.2) is 11.5 Å². The van der Waals surface area contributed by atoms with E-state index in [1.165, 1.54) is 0 Å². The van der Waals surface area contributed by atoms with E-state index in [0.29, 0.717) is 36.0 Å². The highest BCUT2D eigenvalue weighted by Gasteiger charge is 2.19. The number of rotatable bonds is 3. The summed E-state index contributed by atoms with van der Waals surface area (Å²) in [4.78, 5) is 24.1. The summed E-state index contributed by atoms with van der Waals surface area (Å²) < 4.78 is 10.9. The van der Waals surface area contributed by atoms with Crippen molar-refractivity contribution in [1.29, 1.82) is 0 Å². The third-order valence-corrected chi connectivity index (χ3v) is 3.80. The third kappa shape index (κ3) is 3.28. The Morgan fingerprint density at radius 3 is 2.46 bits per heavy atom. The molecule has 1 aliphatic rings. The Hall–Kier alpha value is -2.73. The number of fused-ring (bicyclic) bond motifs is 1. The monoisotopic (exact) mass is 346 g/mol. The average Bonchev–Trinajstić information content (AvgIpc) is 2.60. The standard InChI is InChI=1S/C17H15ClN2O4/c1-19-16(21)10-3-2-4-11(7-10)20-17(22)12-8-14-15(9-13(12)18)24-6-5-23-14/h2-4,7-9H,5-6H2,1H3,(H,19,21)(H,20,22). The van der Waals surface area contributed by atoms with E-state index >= 15 is 0 Å². The minimum atomic E-state index is -0.397. The van der Waals surface area contributed by atoms with Gasteiger partial charge in [-0.05, 0) is 24.3 Å². The zero-order valence-corrected chi connectivity index (χ0v) is 13.6. The van der Waals surface area contributed by atoms with E-state index in [4.69, 9.17) is 21.1 Å². The Morgan fingerprint density at radius 2 is 1.75 bits per heavy atom. The first-order valence-electron chi connectivity index (χ1n) is 7.31. The van der Waals surface area contributed by atoms with Crippen LogP contribution in [0.25, 0.3) is 0 Å². The zero-order chi connectivity index (χ0) is 17.1. The average molecular weight is 347 g/mol. The van der Waals surface area contributed by atoms with Crippen LogP contribution in [0.15, 0.2) is 36.4 Å². The fraction of sp³-hybridized carbons (Fsp3) is 0.176. The molecular weight excluding hydrogens is 332 g/mol. The third-order valence-electron chi connectivity index (χ3n) is 3.49. The molecule has 0 atom stereocenters. The van der Waals surface area contributed by atoms with Crippen LogP contribution in [-0.4, -0.2) is 32.1 Å². The lowest BCUT2D eigenvalue weighted by atomic mass is 10.1. The largest absolute Gasteiger partial charge is 0.486 e. The van der Waals surface area contributed by atoms with E-state index in [-0.39, 0.29) is 16.5 Å². The zero-order valence-electron chi connectivity index (χ0n) is 12.9. The molecule has 1 heterocycles.